The molecule has 0 radical (unpaired) electrons. The maximum absolute atomic E-state index is 12.6. The molecule has 1 aromatic heterocycles. The number of benzene rings is 1. The molecule has 1 atom stereocenters. The van der Waals surface area contributed by atoms with E-state index in [-0.39, 0.29) is 11.9 Å². The highest BCUT2D eigenvalue weighted by Gasteiger charge is 2.30. The minimum atomic E-state index is 0.0700. The lowest BCUT2D eigenvalue weighted by Crippen LogP contribution is -2.30. The first kappa shape index (κ1) is 13.3. The molecule has 1 unspecified atom stereocenters. The number of carbonyl (C=O) groups is 1. The van der Waals surface area contributed by atoms with Crippen molar-refractivity contribution in [2.75, 3.05) is 6.54 Å². The molecular weight excluding hydrogens is 316 g/mol. The van der Waals surface area contributed by atoms with Crippen molar-refractivity contribution >= 4 is 21.8 Å². The SMILES string of the molecule is O=C(c1cccnc1)N1CCCC1c1cccc(Br)c1. The standard InChI is InChI=1S/C16H15BrN2O/c17-14-6-1-4-12(10-14)15-7-3-9-19(15)16(20)13-5-2-8-18-11-13/h1-2,4-6,8,10-11,15H,3,7,9H2. The van der Waals surface area contributed by atoms with Crippen molar-refractivity contribution in [1.82, 2.24) is 9.88 Å². The van der Waals surface area contributed by atoms with Gasteiger partial charge in [-0.3, -0.25) is 9.78 Å². The number of halogens is 1. The van der Waals surface area contributed by atoms with Gasteiger partial charge in [-0.25, -0.2) is 0 Å². The maximum atomic E-state index is 12.6. The molecule has 0 saturated carbocycles. The number of hydrogen-bond donors (Lipinski definition) is 0. The van der Waals surface area contributed by atoms with Gasteiger partial charge >= 0.3 is 0 Å². The highest BCUT2D eigenvalue weighted by atomic mass is 79.9. The third kappa shape index (κ3) is 2.61. The maximum Gasteiger partial charge on any atom is 0.255 e. The average molecular weight is 331 g/mol. The molecule has 3 rings (SSSR count). The van der Waals surface area contributed by atoms with Crippen LogP contribution in [0.15, 0.2) is 53.3 Å². The Kier molecular flexibility index (Phi) is 3.83. The fraction of sp³-hybridized carbons (Fsp3) is 0.250. The Morgan fingerprint density at radius 2 is 2.20 bits per heavy atom. The Morgan fingerprint density at radius 1 is 1.30 bits per heavy atom. The highest BCUT2D eigenvalue weighted by Crippen LogP contribution is 2.34. The van der Waals surface area contributed by atoms with Crippen molar-refractivity contribution in [3.8, 4) is 0 Å². The summed E-state index contributed by atoms with van der Waals surface area (Å²) >= 11 is 3.50. The molecular formula is C16H15BrN2O. The lowest BCUT2D eigenvalue weighted by atomic mass is 10.0. The summed E-state index contributed by atoms with van der Waals surface area (Å²) in [6, 6.07) is 12.0. The molecule has 1 amide bonds. The van der Waals surface area contributed by atoms with Gasteiger partial charge in [-0.1, -0.05) is 28.1 Å². The van der Waals surface area contributed by atoms with Crippen LogP contribution in [0.5, 0.6) is 0 Å². The van der Waals surface area contributed by atoms with Crippen molar-refractivity contribution in [1.29, 1.82) is 0 Å². The zero-order valence-corrected chi connectivity index (χ0v) is 12.6. The van der Waals surface area contributed by atoms with Crippen molar-refractivity contribution < 1.29 is 4.79 Å². The Labute approximate surface area is 126 Å². The Bertz CT molecular complexity index is 615. The van der Waals surface area contributed by atoms with E-state index >= 15 is 0 Å². The van der Waals surface area contributed by atoms with Crippen LogP contribution in [0.25, 0.3) is 0 Å². The van der Waals surface area contributed by atoms with E-state index in [0.29, 0.717) is 5.56 Å². The predicted octanol–water partition coefficient (Wildman–Crippen LogP) is 3.82. The van der Waals surface area contributed by atoms with Gasteiger partial charge in [0.15, 0.2) is 0 Å². The number of likely N-dealkylation sites (tertiary alicyclic amines) is 1. The van der Waals surface area contributed by atoms with Gasteiger partial charge in [-0.05, 0) is 42.7 Å². The summed E-state index contributed by atoms with van der Waals surface area (Å²) in [5, 5.41) is 0. The van der Waals surface area contributed by atoms with E-state index in [1.807, 2.05) is 23.1 Å². The van der Waals surface area contributed by atoms with Crippen LogP contribution in [-0.4, -0.2) is 22.3 Å². The summed E-state index contributed by atoms with van der Waals surface area (Å²) < 4.78 is 1.05. The number of aromatic nitrogens is 1. The molecule has 20 heavy (non-hydrogen) atoms. The topological polar surface area (TPSA) is 33.2 Å². The summed E-state index contributed by atoms with van der Waals surface area (Å²) in [7, 11) is 0. The summed E-state index contributed by atoms with van der Waals surface area (Å²) in [5.41, 5.74) is 1.85. The lowest BCUT2D eigenvalue weighted by Gasteiger charge is -2.25. The third-order valence-electron chi connectivity index (χ3n) is 3.66. The van der Waals surface area contributed by atoms with Crippen LogP contribution in [0.4, 0.5) is 0 Å². The molecule has 1 saturated heterocycles. The van der Waals surface area contributed by atoms with E-state index in [4.69, 9.17) is 0 Å². The summed E-state index contributed by atoms with van der Waals surface area (Å²) in [6.07, 6.45) is 5.39. The number of hydrogen-bond acceptors (Lipinski definition) is 2. The minimum absolute atomic E-state index is 0.0700. The van der Waals surface area contributed by atoms with Gasteiger partial charge in [0.05, 0.1) is 11.6 Å². The lowest BCUT2D eigenvalue weighted by molar-refractivity contribution is 0.0735. The van der Waals surface area contributed by atoms with Gasteiger partial charge in [0.2, 0.25) is 0 Å². The van der Waals surface area contributed by atoms with E-state index in [1.54, 1.807) is 18.5 Å². The molecule has 1 aliphatic rings. The molecule has 0 N–H and O–H groups in total. The molecule has 102 valence electrons. The first-order chi connectivity index (χ1) is 9.75. The second-order valence-corrected chi connectivity index (χ2v) is 5.87. The molecule has 2 aromatic rings. The quantitative estimate of drug-likeness (QED) is 0.838. The van der Waals surface area contributed by atoms with Gasteiger partial charge in [-0.2, -0.15) is 0 Å². The normalized spacial score (nSPS) is 18.2. The molecule has 0 spiro atoms. The second kappa shape index (κ2) is 5.75. The first-order valence-electron chi connectivity index (χ1n) is 6.72. The van der Waals surface area contributed by atoms with Crippen LogP contribution >= 0.6 is 15.9 Å². The molecule has 0 bridgehead atoms. The Hall–Kier alpha value is -1.68. The fourth-order valence-electron chi connectivity index (χ4n) is 2.73. The smallest absolute Gasteiger partial charge is 0.255 e. The van der Waals surface area contributed by atoms with Gasteiger partial charge in [0.1, 0.15) is 0 Å². The van der Waals surface area contributed by atoms with Crippen molar-refractivity contribution in [2.45, 2.75) is 18.9 Å². The van der Waals surface area contributed by atoms with Crippen LogP contribution in [0.2, 0.25) is 0 Å². The fourth-order valence-corrected chi connectivity index (χ4v) is 3.14. The van der Waals surface area contributed by atoms with Crippen molar-refractivity contribution in [3.63, 3.8) is 0 Å². The minimum Gasteiger partial charge on any atom is -0.332 e. The molecule has 1 fully saturated rings. The summed E-state index contributed by atoms with van der Waals surface area (Å²) in [6.45, 7) is 0.810. The van der Waals surface area contributed by atoms with E-state index in [2.05, 4.69) is 33.0 Å². The van der Waals surface area contributed by atoms with Crippen LogP contribution in [0.1, 0.15) is 34.8 Å². The molecule has 3 nitrogen and oxygen atoms in total. The number of nitrogens with zero attached hydrogens (tertiary/aromatic N) is 2. The average Bonchev–Trinajstić information content (AvgIpc) is 2.97. The summed E-state index contributed by atoms with van der Waals surface area (Å²) in [4.78, 5) is 18.6. The largest absolute Gasteiger partial charge is 0.332 e. The van der Waals surface area contributed by atoms with Gasteiger partial charge in [0.25, 0.3) is 5.91 Å². The monoisotopic (exact) mass is 330 g/mol. The van der Waals surface area contributed by atoms with Crippen LogP contribution in [0.3, 0.4) is 0 Å². The van der Waals surface area contributed by atoms with E-state index in [9.17, 15) is 4.79 Å². The molecule has 1 aromatic carbocycles. The first-order valence-corrected chi connectivity index (χ1v) is 7.51. The van der Waals surface area contributed by atoms with E-state index in [1.165, 1.54) is 5.56 Å². The van der Waals surface area contributed by atoms with Crippen molar-refractivity contribution in [2.24, 2.45) is 0 Å². The Balaban J connectivity index is 1.88. The van der Waals surface area contributed by atoms with Gasteiger partial charge < -0.3 is 4.90 Å². The summed E-state index contributed by atoms with van der Waals surface area (Å²) in [5.74, 6) is 0.0700. The number of carbonyl (C=O) groups excluding carboxylic acids is 1. The van der Waals surface area contributed by atoms with Crippen LogP contribution < -0.4 is 0 Å². The highest BCUT2D eigenvalue weighted by molar-refractivity contribution is 9.10. The second-order valence-electron chi connectivity index (χ2n) is 4.95. The zero-order chi connectivity index (χ0) is 13.9. The number of rotatable bonds is 2. The molecule has 2 heterocycles. The van der Waals surface area contributed by atoms with E-state index < -0.39 is 0 Å². The molecule has 4 heteroatoms. The van der Waals surface area contributed by atoms with Gasteiger partial charge in [0, 0.05) is 23.4 Å². The van der Waals surface area contributed by atoms with Crippen LogP contribution in [-0.2, 0) is 0 Å². The molecule has 0 aliphatic carbocycles. The number of amides is 1. The third-order valence-corrected chi connectivity index (χ3v) is 4.15. The van der Waals surface area contributed by atoms with Crippen molar-refractivity contribution in [3.05, 3.63) is 64.4 Å². The van der Waals surface area contributed by atoms with E-state index in [0.717, 1.165) is 23.9 Å². The van der Waals surface area contributed by atoms with Crippen LogP contribution in [0, 0.1) is 0 Å². The zero-order valence-electron chi connectivity index (χ0n) is 11.0. The van der Waals surface area contributed by atoms with Gasteiger partial charge in [-0.15, -0.1) is 0 Å². The Morgan fingerprint density at radius 3 is 2.95 bits per heavy atom. The predicted molar refractivity (Wildman–Crippen MR) is 81.4 cm³/mol. The molecule has 1 aliphatic heterocycles. The number of pyridine rings is 1.